The molecular formula is C14H14ClN3OS. The molecule has 1 aliphatic heterocycles. The predicted octanol–water partition coefficient (Wildman–Crippen LogP) is 2.21. The normalized spacial score (nSPS) is 19.6. The smallest absolute Gasteiger partial charge is 0.255 e. The zero-order chi connectivity index (χ0) is 13.7. The van der Waals surface area contributed by atoms with Gasteiger partial charge in [0.1, 0.15) is 5.82 Å². The summed E-state index contributed by atoms with van der Waals surface area (Å²) in [6.45, 7) is 1.51. The number of aromatic amines is 1. The first-order chi connectivity index (χ1) is 9.69. The summed E-state index contributed by atoms with van der Waals surface area (Å²) in [5.41, 5.74) is 1.65. The molecule has 0 radical (unpaired) electrons. The predicted molar refractivity (Wildman–Crippen MR) is 79.6 cm³/mol. The summed E-state index contributed by atoms with van der Waals surface area (Å²) in [7, 11) is 0. The highest BCUT2D eigenvalue weighted by molar-refractivity contribution is 7.10. The van der Waals surface area contributed by atoms with E-state index < -0.39 is 0 Å². The maximum Gasteiger partial charge on any atom is 0.255 e. The summed E-state index contributed by atoms with van der Waals surface area (Å²) in [4.78, 5) is 21.2. The largest absolute Gasteiger partial charge is 0.312 e. The molecule has 2 N–H and O–H groups in total. The number of halogens is 1. The average molecular weight is 308 g/mol. The Bertz CT molecular complexity index is 732. The highest BCUT2D eigenvalue weighted by Gasteiger charge is 2.49. The molecule has 0 saturated heterocycles. The zero-order valence-electron chi connectivity index (χ0n) is 10.8. The van der Waals surface area contributed by atoms with Gasteiger partial charge in [-0.1, -0.05) is 11.6 Å². The fourth-order valence-electron chi connectivity index (χ4n) is 2.87. The summed E-state index contributed by atoms with van der Waals surface area (Å²) >= 11 is 7.69. The van der Waals surface area contributed by atoms with Crippen molar-refractivity contribution in [2.45, 2.75) is 31.2 Å². The molecule has 2 aliphatic rings. The number of hydrogen-bond acceptors (Lipinski definition) is 4. The summed E-state index contributed by atoms with van der Waals surface area (Å²) in [6, 6.07) is 2.00. The first kappa shape index (κ1) is 12.6. The van der Waals surface area contributed by atoms with Crippen LogP contribution in [0.4, 0.5) is 0 Å². The molecule has 2 aromatic rings. The quantitative estimate of drug-likeness (QED) is 0.894. The van der Waals surface area contributed by atoms with E-state index >= 15 is 0 Å². The van der Waals surface area contributed by atoms with Gasteiger partial charge in [-0.15, -0.1) is 11.3 Å². The second-order valence-corrected chi connectivity index (χ2v) is 6.83. The first-order valence-corrected chi connectivity index (χ1v) is 8.03. The number of nitrogens with zero attached hydrogens (tertiary/aromatic N) is 1. The Morgan fingerprint density at radius 2 is 2.25 bits per heavy atom. The molecule has 0 spiro atoms. The van der Waals surface area contributed by atoms with Crippen LogP contribution in [-0.4, -0.2) is 16.5 Å². The number of H-pyrrole nitrogens is 1. The lowest BCUT2D eigenvalue weighted by Crippen LogP contribution is -2.33. The number of hydrogen-bond donors (Lipinski definition) is 2. The van der Waals surface area contributed by atoms with E-state index in [0.29, 0.717) is 6.54 Å². The molecule has 0 aromatic carbocycles. The van der Waals surface area contributed by atoms with Gasteiger partial charge in [0.25, 0.3) is 5.56 Å². The molecule has 1 aliphatic carbocycles. The molecule has 6 heteroatoms. The standard InChI is InChI=1S/C14H14ClN3OS/c15-8-5-11(20-7-8)14(2-3-14)13-17-10-1-4-16-6-9(10)12(19)18-13/h5,7,16H,1-4,6H2,(H,17,18,19). The van der Waals surface area contributed by atoms with Crippen LogP contribution >= 0.6 is 22.9 Å². The van der Waals surface area contributed by atoms with Crippen LogP contribution in [0.3, 0.4) is 0 Å². The van der Waals surface area contributed by atoms with E-state index in [9.17, 15) is 4.79 Å². The van der Waals surface area contributed by atoms with Gasteiger partial charge in [0.2, 0.25) is 0 Å². The van der Waals surface area contributed by atoms with Gasteiger partial charge in [-0.2, -0.15) is 0 Å². The second kappa shape index (κ2) is 4.41. The molecule has 20 heavy (non-hydrogen) atoms. The van der Waals surface area contributed by atoms with Crippen molar-refractivity contribution in [1.82, 2.24) is 15.3 Å². The van der Waals surface area contributed by atoms with Gasteiger partial charge < -0.3 is 10.3 Å². The highest BCUT2D eigenvalue weighted by Crippen LogP contribution is 2.54. The van der Waals surface area contributed by atoms with E-state index in [1.807, 2.05) is 11.4 Å². The molecule has 3 heterocycles. The van der Waals surface area contributed by atoms with Crippen molar-refractivity contribution >= 4 is 22.9 Å². The Morgan fingerprint density at radius 3 is 2.95 bits per heavy atom. The first-order valence-electron chi connectivity index (χ1n) is 6.77. The van der Waals surface area contributed by atoms with Gasteiger partial charge in [-0.25, -0.2) is 4.98 Å². The number of rotatable bonds is 2. The molecule has 0 unspecified atom stereocenters. The van der Waals surface area contributed by atoms with Crippen molar-refractivity contribution in [2.24, 2.45) is 0 Å². The van der Waals surface area contributed by atoms with E-state index in [2.05, 4.69) is 10.3 Å². The van der Waals surface area contributed by atoms with Crippen LogP contribution < -0.4 is 10.9 Å². The van der Waals surface area contributed by atoms with Crippen LogP contribution in [-0.2, 0) is 18.4 Å². The number of fused-ring (bicyclic) bond motifs is 1. The van der Waals surface area contributed by atoms with E-state index in [-0.39, 0.29) is 11.0 Å². The van der Waals surface area contributed by atoms with Crippen molar-refractivity contribution in [1.29, 1.82) is 0 Å². The third-order valence-electron chi connectivity index (χ3n) is 4.18. The van der Waals surface area contributed by atoms with Crippen molar-refractivity contribution in [3.05, 3.63) is 48.8 Å². The highest BCUT2D eigenvalue weighted by atomic mass is 35.5. The van der Waals surface area contributed by atoms with Crippen LogP contribution in [0.2, 0.25) is 5.02 Å². The average Bonchev–Trinajstić information content (AvgIpc) is 3.15. The molecule has 1 saturated carbocycles. The lowest BCUT2D eigenvalue weighted by atomic mass is 10.0. The van der Waals surface area contributed by atoms with E-state index in [1.165, 1.54) is 4.88 Å². The Kier molecular flexibility index (Phi) is 2.77. The molecule has 4 rings (SSSR count). The number of thiophene rings is 1. The molecule has 0 bridgehead atoms. The fraction of sp³-hybridized carbons (Fsp3) is 0.429. The minimum absolute atomic E-state index is 0.00567. The number of aromatic nitrogens is 2. The van der Waals surface area contributed by atoms with Crippen molar-refractivity contribution in [2.75, 3.05) is 6.54 Å². The van der Waals surface area contributed by atoms with Crippen LogP contribution in [0.5, 0.6) is 0 Å². The summed E-state index contributed by atoms with van der Waals surface area (Å²) in [5.74, 6) is 0.821. The lowest BCUT2D eigenvalue weighted by molar-refractivity contribution is 0.605. The van der Waals surface area contributed by atoms with Crippen LogP contribution in [0, 0.1) is 0 Å². The topological polar surface area (TPSA) is 57.8 Å². The van der Waals surface area contributed by atoms with Crippen LogP contribution in [0.15, 0.2) is 16.2 Å². The van der Waals surface area contributed by atoms with Crippen molar-refractivity contribution in [3.8, 4) is 0 Å². The van der Waals surface area contributed by atoms with Crippen LogP contribution in [0.25, 0.3) is 0 Å². The van der Waals surface area contributed by atoms with Gasteiger partial charge >= 0.3 is 0 Å². The maximum absolute atomic E-state index is 12.2. The van der Waals surface area contributed by atoms with Gasteiger partial charge in [-0.3, -0.25) is 4.79 Å². The fourth-order valence-corrected chi connectivity index (χ4v) is 4.21. The second-order valence-electron chi connectivity index (χ2n) is 5.48. The van der Waals surface area contributed by atoms with Gasteiger partial charge in [0.05, 0.1) is 21.7 Å². The Hall–Kier alpha value is -1.17. The lowest BCUT2D eigenvalue weighted by Gasteiger charge is -2.19. The van der Waals surface area contributed by atoms with E-state index in [1.54, 1.807) is 11.3 Å². The Labute approximate surface area is 125 Å². The Balaban J connectivity index is 1.83. The molecule has 4 nitrogen and oxygen atoms in total. The van der Waals surface area contributed by atoms with E-state index in [4.69, 9.17) is 16.6 Å². The third-order valence-corrected chi connectivity index (χ3v) is 5.67. The van der Waals surface area contributed by atoms with Crippen LogP contribution in [0.1, 0.15) is 34.8 Å². The summed E-state index contributed by atoms with van der Waals surface area (Å²) in [5, 5.41) is 5.92. The van der Waals surface area contributed by atoms with E-state index in [0.717, 1.165) is 47.9 Å². The zero-order valence-corrected chi connectivity index (χ0v) is 12.4. The Morgan fingerprint density at radius 1 is 1.40 bits per heavy atom. The molecule has 1 fully saturated rings. The molecule has 104 valence electrons. The summed E-state index contributed by atoms with van der Waals surface area (Å²) < 4.78 is 0. The minimum atomic E-state index is -0.100. The SMILES string of the molecule is O=c1[nH]c(C2(c3cc(Cl)cs3)CC2)nc2c1CNCC2. The van der Waals surface area contributed by atoms with Gasteiger partial charge in [0.15, 0.2) is 0 Å². The van der Waals surface area contributed by atoms with Gasteiger partial charge in [0, 0.05) is 29.8 Å². The van der Waals surface area contributed by atoms with Gasteiger partial charge in [-0.05, 0) is 18.9 Å². The van der Waals surface area contributed by atoms with Crippen molar-refractivity contribution < 1.29 is 0 Å². The third kappa shape index (κ3) is 1.84. The maximum atomic E-state index is 12.2. The molecule has 2 aromatic heterocycles. The minimum Gasteiger partial charge on any atom is -0.312 e. The monoisotopic (exact) mass is 307 g/mol. The summed E-state index contributed by atoms with van der Waals surface area (Å²) in [6.07, 6.45) is 2.89. The molecular weight excluding hydrogens is 294 g/mol. The number of nitrogens with one attached hydrogen (secondary N) is 2. The molecule has 0 amide bonds. The molecule has 0 atom stereocenters. The van der Waals surface area contributed by atoms with Crippen molar-refractivity contribution in [3.63, 3.8) is 0 Å².